The van der Waals surface area contributed by atoms with Gasteiger partial charge in [-0.25, -0.2) is 4.79 Å². The van der Waals surface area contributed by atoms with Crippen molar-refractivity contribution in [2.75, 3.05) is 18.9 Å². The molecule has 1 aromatic carbocycles. The Labute approximate surface area is 129 Å². The molecule has 116 valence electrons. The maximum absolute atomic E-state index is 12.5. The summed E-state index contributed by atoms with van der Waals surface area (Å²) in [4.78, 5) is 22.7. The standard InChI is InChI=1S/C12H14ClF2N3O2S/c1-16-9(19)5-6-17-12(20)18-8-4-2-3-7(13)10(8)21-11(14)15/h2-4,11H,5-6H2,1H3,(H,16,19)(H2,17,18,20). The summed E-state index contributed by atoms with van der Waals surface area (Å²) in [6.07, 6.45) is 0.123. The van der Waals surface area contributed by atoms with Gasteiger partial charge in [-0.1, -0.05) is 29.4 Å². The fourth-order valence-corrected chi connectivity index (χ4v) is 2.31. The van der Waals surface area contributed by atoms with Crippen LogP contribution in [0.3, 0.4) is 0 Å². The zero-order valence-corrected chi connectivity index (χ0v) is 12.7. The highest BCUT2D eigenvalue weighted by Gasteiger charge is 2.15. The van der Waals surface area contributed by atoms with Gasteiger partial charge in [0.15, 0.2) is 0 Å². The first kappa shape index (κ1) is 17.5. The highest BCUT2D eigenvalue weighted by molar-refractivity contribution is 7.99. The first-order chi connectivity index (χ1) is 9.93. The first-order valence-electron chi connectivity index (χ1n) is 5.92. The molecule has 3 N–H and O–H groups in total. The fraction of sp³-hybridized carbons (Fsp3) is 0.333. The molecule has 0 fully saturated rings. The normalized spacial score (nSPS) is 10.3. The molecule has 0 saturated carbocycles. The van der Waals surface area contributed by atoms with Crippen molar-refractivity contribution in [3.63, 3.8) is 0 Å². The number of anilines is 1. The second kappa shape index (κ2) is 8.68. The van der Waals surface area contributed by atoms with Crippen molar-refractivity contribution in [3.05, 3.63) is 23.2 Å². The molecule has 1 aromatic rings. The minimum absolute atomic E-state index is 0.0932. The number of nitrogens with one attached hydrogen (secondary N) is 3. The van der Waals surface area contributed by atoms with Crippen molar-refractivity contribution in [2.45, 2.75) is 17.1 Å². The number of carbonyl (C=O) groups excluding carboxylic acids is 2. The maximum atomic E-state index is 12.5. The number of carbonyl (C=O) groups is 2. The number of rotatable bonds is 6. The smallest absolute Gasteiger partial charge is 0.319 e. The monoisotopic (exact) mass is 337 g/mol. The zero-order chi connectivity index (χ0) is 15.8. The van der Waals surface area contributed by atoms with Gasteiger partial charge in [0.25, 0.3) is 5.76 Å². The Balaban J connectivity index is 2.63. The molecule has 5 nitrogen and oxygen atoms in total. The maximum Gasteiger partial charge on any atom is 0.319 e. The van der Waals surface area contributed by atoms with Crippen LogP contribution in [-0.4, -0.2) is 31.3 Å². The Hall–Kier alpha value is -1.54. The van der Waals surface area contributed by atoms with Crippen LogP contribution in [0.5, 0.6) is 0 Å². The highest BCUT2D eigenvalue weighted by Crippen LogP contribution is 2.37. The molecular weight excluding hydrogens is 324 g/mol. The molecule has 0 aromatic heterocycles. The van der Waals surface area contributed by atoms with Gasteiger partial charge < -0.3 is 16.0 Å². The number of halogens is 3. The van der Waals surface area contributed by atoms with Crippen LogP contribution in [0.25, 0.3) is 0 Å². The zero-order valence-electron chi connectivity index (χ0n) is 11.1. The van der Waals surface area contributed by atoms with Crippen LogP contribution >= 0.6 is 23.4 Å². The van der Waals surface area contributed by atoms with Crippen molar-refractivity contribution in [1.82, 2.24) is 10.6 Å². The SMILES string of the molecule is CNC(=O)CCNC(=O)Nc1cccc(Cl)c1SC(F)F. The minimum atomic E-state index is -2.65. The van der Waals surface area contributed by atoms with E-state index in [0.29, 0.717) is 0 Å². The lowest BCUT2D eigenvalue weighted by Gasteiger charge is -2.12. The topological polar surface area (TPSA) is 70.2 Å². The fourth-order valence-electron chi connectivity index (χ4n) is 1.40. The lowest BCUT2D eigenvalue weighted by Crippen LogP contribution is -2.32. The van der Waals surface area contributed by atoms with E-state index in [1.54, 1.807) is 0 Å². The Morgan fingerprint density at radius 1 is 1.38 bits per heavy atom. The highest BCUT2D eigenvalue weighted by atomic mass is 35.5. The van der Waals surface area contributed by atoms with E-state index in [1.807, 2.05) is 0 Å². The van der Waals surface area contributed by atoms with E-state index in [-0.39, 0.29) is 46.2 Å². The summed E-state index contributed by atoms with van der Waals surface area (Å²) in [5.41, 5.74) is 0.185. The van der Waals surface area contributed by atoms with E-state index in [9.17, 15) is 18.4 Å². The number of thioether (sulfide) groups is 1. The molecule has 0 bridgehead atoms. The molecule has 0 radical (unpaired) electrons. The number of alkyl halides is 2. The Kier molecular flexibility index (Phi) is 7.24. The molecule has 0 aliphatic carbocycles. The third kappa shape index (κ3) is 6.17. The quantitative estimate of drug-likeness (QED) is 0.699. The summed E-state index contributed by atoms with van der Waals surface area (Å²) in [6.45, 7) is 0.128. The molecule has 0 atom stereocenters. The summed E-state index contributed by atoms with van der Waals surface area (Å²) < 4.78 is 25.0. The molecular formula is C12H14ClF2N3O2S. The van der Waals surface area contributed by atoms with Crippen molar-refractivity contribution < 1.29 is 18.4 Å². The number of urea groups is 1. The average Bonchev–Trinajstić information content (AvgIpc) is 2.42. The van der Waals surface area contributed by atoms with Gasteiger partial charge in [0.2, 0.25) is 5.91 Å². The lowest BCUT2D eigenvalue weighted by molar-refractivity contribution is -0.120. The van der Waals surface area contributed by atoms with Crippen molar-refractivity contribution in [3.8, 4) is 0 Å². The molecule has 21 heavy (non-hydrogen) atoms. The largest absolute Gasteiger partial charge is 0.359 e. The predicted molar refractivity (Wildman–Crippen MR) is 79.0 cm³/mol. The van der Waals surface area contributed by atoms with Gasteiger partial charge in [0.1, 0.15) is 0 Å². The molecule has 0 aliphatic heterocycles. The van der Waals surface area contributed by atoms with Crippen LogP contribution in [0, 0.1) is 0 Å². The Bertz CT molecular complexity index is 517. The van der Waals surface area contributed by atoms with Gasteiger partial charge in [-0.05, 0) is 12.1 Å². The average molecular weight is 338 g/mol. The second-order valence-corrected chi connectivity index (χ2v) is 5.21. The molecule has 0 heterocycles. The number of hydrogen-bond donors (Lipinski definition) is 3. The van der Waals surface area contributed by atoms with Crippen LogP contribution in [0.1, 0.15) is 6.42 Å². The van der Waals surface area contributed by atoms with Gasteiger partial charge >= 0.3 is 6.03 Å². The van der Waals surface area contributed by atoms with E-state index >= 15 is 0 Å². The Morgan fingerprint density at radius 2 is 2.10 bits per heavy atom. The molecule has 9 heteroatoms. The van der Waals surface area contributed by atoms with Gasteiger partial charge in [-0.3, -0.25) is 4.79 Å². The summed E-state index contributed by atoms with van der Waals surface area (Å²) in [7, 11) is 1.49. The number of hydrogen-bond acceptors (Lipinski definition) is 3. The summed E-state index contributed by atoms with van der Waals surface area (Å²) in [5, 5.41) is 7.41. The first-order valence-corrected chi connectivity index (χ1v) is 7.18. The van der Waals surface area contributed by atoms with Gasteiger partial charge in [0.05, 0.1) is 15.6 Å². The molecule has 1 rings (SSSR count). The summed E-state index contributed by atoms with van der Waals surface area (Å²) in [5.74, 6) is -2.87. The molecule has 0 unspecified atom stereocenters. The lowest BCUT2D eigenvalue weighted by atomic mass is 10.3. The minimum Gasteiger partial charge on any atom is -0.359 e. The van der Waals surface area contributed by atoms with E-state index in [0.717, 1.165) is 0 Å². The van der Waals surface area contributed by atoms with Crippen LogP contribution < -0.4 is 16.0 Å². The molecule has 0 aliphatic rings. The number of amides is 3. The van der Waals surface area contributed by atoms with Crippen molar-refractivity contribution in [1.29, 1.82) is 0 Å². The number of benzene rings is 1. The van der Waals surface area contributed by atoms with Crippen LogP contribution in [0.2, 0.25) is 5.02 Å². The van der Waals surface area contributed by atoms with Crippen LogP contribution in [0.15, 0.2) is 23.1 Å². The van der Waals surface area contributed by atoms with E-state index < -0.39 is 11.8 Å². The van der Waals surface area contributed by atoms with Crippen molar-refractivity contribution in [2.24, 2.45) is 0 Å². The predicted octanol–water partition coefficient (Wildman–Crippen LogP) is 2.91. The molecule has 0 spiro atoms. The van der Waals surface area contributed by atoms with E-state index in [4.69, 9.17) is 11.6 Å². The summed E-state index contributed by atoms with van der Waals surface area (Å²) in [6, 6.07) is 3.87. The third-order valence-corrected chi connectivity index (χ3v) is 3.62. The molecule has 3 amide bonds. The van der Waals surface area contributed by atoms with Crippen LogP contribution in [0.4, 0.5) is 19.3 Å². The third-order valence-electron chi connectivity index (χ3n) is 2.34. The second-order valence-electron chi connectivity index (χ2n) is 3.80. The van der Waals surface area contributed by atoms with E-state index in [1.165, 1.54) is 25.2 Å². The van der Waals surface area contributed by atoms with E-state index in [2.05, 4.69) is 16.0 Å². The van der Waals surface area contributed by atoms with Gasteiger partial charge in [0, 0.05) is 20.0 Å². The summed E-state index contributed by atoms with van der Waals surface area (Å²) >= 11 is 6.10. The van der Waals surface area contributed by atoms with Gasteiger partial charge in [-0.15, -0.1) is 0 Å². The molecule has 0 saturated heterocycles. The van der Waals surface area contributed by atoms with Gasteiger partial charge in [-0.2, -0.15) is 8.78 Å². The Morgan fingerprint density at radius 3 is 2.71 bits per heavy atom. The van der Waals surface area contributed by atoms with Crippen LogP contribution in [-0.2, 0) is 4.79 Å². The van der Waals surface area contributed by atoms with Crippen molar-refractivity contribution >= 4 is 41.0 Å².